The lowest BCUT2D eigenvalue weighted by Gasteiger charge is -2.06. The van der Waals surface area contributed by atoms with Crippen LogP contribution in [0.15, 0.2) is 12.1 Å². The van der Waals surface area contributed by atoms with Gasteiger partial charge in [-0.2, -0.15) is 5.26 Å². The molecule has 0 fully saturated rings. The average Bonchev–Trinajstić information content (AvgIpc) is 2.20. The SMILES string of the molecule is CCCNc1ccc(C#N)c(F)c1F. The highest BCUT2D eigenvalue weighted by Gasteiger charge is 2.12. The standard InChI is InChI=1S/C10H10F2N2/c1-2-5-14-8-4-3-7(6-13)9(11)10(8)12/h3-4,14H,2,5H2,1H3. The Kier molecular flexibility index (Phi) is 3.41. The van der Waals surface area contributed by atoms with E-state index in [0.717, 1.165) is 6.42 Å². The Balaban J connectivity index is 3.00. The molecule has 0 aliphatic rings. The molecule has 4 heteroatoms. The smallest absolute Gasteiger partial charge is 0.183 e. The van der Waals surface area contributed by atoms with Crippen LogP contribution in [0.3, 0.4) is 0 Å². The van der Waals surface area contributed by atoms with Crippen molar-refractivity contribution in [3.8, 4) is 6.07 Å². The van der Waals surface area contributed by atoms with Gasteiger partial charge in [-0.15, -0.1) is 0 Å². The minimum Gasteiger partial charge on any atom is -0.383 e. The topological polar surface area (TPSA) is 35.8 Å². The van der Waals surface area contributed by atoms with Gasteiger partial charge in [0.1, 0.15) is 6.07 Å². The Bertz CT molecular complexity index is 369. The van der Waals surface area contributed by atoms with Gasteiger partial charge < -0.3 is 5.32 Å². The third kappa shape index (κ3) is 1.99. The number of nitriles is 1. The van der Waals surface area contributed by atoms with Gasteiger partial charge >= 0.3 is 0 Å². The molecular weight excluding hydrogens is 186 g/mol. The predicted octanol–water partition coefficient (Wildman–Crippen LogP) is 2.66. The third-order valence-electron chi connectivity index (χ3n) is 1.77. The molecule has 0 bridgehead atoms. The van der Waals surface area contributed by atoms with Gasteiger partial charge in [0.15, 0.2) is 11.6 Å². The van der Waals surface area contributed by atoms with Crippen molar-refractivity contribution < 1.29 is 8.78 Å². The van der Waals surface area contributed by atoms with Crippen LogP contribution in [0.1, 0.15) is 18.9 Å². The zero-order valence-electron chi connectivity index (χ0n) is 7.77. The Hall–Kier alpha value is -1.63. The number of halogens is 2. The summed E-state index contributed by atoms with van der Waals surface area (Å²) in [5, 5.41) is 11.2. The largest absolute Gasteiger partial charge is 0.383 e. The fourth-order valence-electron chi connectivity index (χ4n) is 1.03. The van der Waals surface area contributed by atoms with E-state index in [9.17, 15) is 8.78 Å². The summed E-state index contributed by atoms with van der Waals surface area (Å²) in [6.07, 6.45) is 0.820. The summed E-state index contributed by atoms with van der Waals surface area (Å²) in [5.74, 6) is -2.08. The Morgan fingerprint density at radius 2 is 2.07 bits per heavy atom. The highest BCUT2D eigenvalue weighted by molar-refractivity contribution is 5.49. The van der Waals surface area contributed by atoms with Crippen molar-refractivity contribution in [2.45, 2.75) is 13.3 Å². The average molecular weight is 196 g/mol. The first-order valence-corrected chi connectivity index (χ1v) is 4.32. The van der Waals surface area contributed by atoms with Crippen LogP contribution in [0, 0.1) is 23.0 Å². The lowest BCUT2D eigenvalue weighted by molar-refractivity contribution is 0.508. The molecule has 0 amide bonds. The fraction of sp³-hybridized carbons (Fsp3) is 0.300. The number of hydrogen-bond acceptors (Lipinski definition) is 2. The van der Waals surface area contributed by atoms with E-state index in [1.54, 1.807) is 6.07 Å². The van der Waals surface area contributed by atoms with Gasteiger partial charge in [-0.05, 0) is 18.6 Å². The number of nitrogens with zero attached hydrogens (tertiary/aromatic N) is 1. The minimum absolute atomic E-state index is 0.100. The summed E-state index contributed by atoms with van der Waals surface area (Å²) >= 11 is 0. The number of anilines is 1. The van der Waals surface area contributed by atoms with Gasteiger partial charge in [-0.25, -0.2) is 8.78 Å². The zero-order chi connectivity index (χ0) is 10.6. The lowest BCUT2D eigenvalue weighted by atomic mass is 10.2. The summed E-state index contributed by atoms with van der Waals surface area (Å²) in [5.41, 5.74) is -0.173. The highest BCUT2D eigenvalue weighted by atomic mass is 19.2. The van der Waals surface area contributed by atoms with Crippen LogP contribution in [0.4, 0.5) is 14.5 Å². The first-order chi connectivity index (χ1) is 6.70. The highest BCUT2D eigenvalue weighted by Crippen LogP contribution is 2.19. The van der Waals surface area contributed by atoms with Crippen LogP contribution in [0.25, 0.3) is 0 Å². The van der Waals surface area contributed by atoms with Crippen LogP contribution >= 0.6 is 0 Å². The Labute approximate surface area is 81.2 Å². The Morgan fingerprint density at radius 3 is 2.64 bits per heavy atom. The molecule has 1 aromatic rings. The quantitative estimate of drug-likeness (QED) is 0.806. The van der Waals surface area contributed by atoms with E-state index in [2.05, 4.69) is 5.32 Å². The van der Waals surface area contributed by atoms with Gasteiger partial charge in [-0.1, -0.05) is 6.92 Å². The molecule has 0 radical (unpaired) electrons. The molecule has 74 valence electrons. The summed E-state index contributed by atoms with van der Waals surface area (Å²) in [6, 6.07) is 4.20. The predicted molar refractivity (Wildman–Crippen MR) is 49.9 cm³/mol. The van der Waals surface area contributed by atoms with E-state index < -0.39 is 11.6 Å². The summed E-state index contributed by atoms with van der Waals surface area (Å²) < 4.78 is 26.2. The molecule has 0 spiro atoms. The molecule has 1 aromatic carbocycles. The molecule has 0 saturated heterocycles. The molecule has 0 aliphatic carbocycles. The molecule has 1 N–H and O–H groups in total. The third-order valence-corrected chi connectivity index (χ3v) is 1.77. The summed E-state index contributed by atoms with van der Waals surface area (Å²) in [7, 11) is 0. The van der Waals surface area contributed by atoms with Gasteiger partial charge in [0.25, 0.3) is 0 Å². The first kappa shape index (κ1) is 10.5. The molecule has 14 heavy (non-hydrogen) atoms. The van der Waals surface area contributed by atoms with Gasteiger partial charge in [-0.3, -0.25) is 0 Å². The van der Waals surface area contributed by atoms with E-state index in [0.29, 0.717) is 6.54 Å². The van der Waals surface area contributed by atoms with Gasteiger partial charge in [0.05, 0.1) is 11.3 Å². The van der Waals surface area contributed by atoms with Crippen LogP contribution in [0.2, 0.25) is 0 Å². The van der Waals surface area contributed by atoms with Crippen LogP contribution in [-0.2, 0) is 0 Å². The van der Waals surface area contributed by atoms with Crippen molar-refractivity contribution in [3.63, 3.8) is 0 Å². The van der Waals surface area contributed by atoms with Crippen LogP contribution in [-0.4, -0.2) is 6.54 Å². The maximum atomic E-state index is 13.2. The molecule has 0 heterocycles. The molecular formula is C10H10F2N2. The minimum atomic E-state index is -1.09. The normalized spacial score (nSPS) is 9.57. The maximum absolute atomic E-state index is 13.2. The van der Waals surface area contributed by atoms with Crippen molar-refractivity contribution in [3.05, 3.63) is 29.3 Å². The maximum Gasteiger partial charge on any atom is 0.183 e. The molecule has 0 aromatic heterocycles. The van der Waals surface area contributed by atoms with Crippen molar-refractivity contribution in [2.24, 2.45) is 0 Å². The van der Waals surface area contributed by atoms with E-state index >= 15 is 0 Å². The summed E-state index contributed by atoms with van der Waals surface area (Å²) in [4.78, 5) is 0. The van der Waals surface area contributed by atoms with E-state index in [4.69, 9.17) is 5.26 Å². The number of hydrogen-bond donors (Lipinski definition) is 1. The molecule has 0 unspecified atom stereocenters. The van der Waals surface area contributed by atoms with E-state index in [-0.39, 0.29) is 11.3 Å². The zero-order valence-corrected chi connectivity index (χ0v) is 7.77. The van der Waals surface area contributed by atoms with Crippen molar-refractivity contribution in [2.75, 3.05) is 11.9 Å². The number of rotatable bonds is 3. The van der Waals surface area contributed by atoms with Gasteiger partial charge in [0, 0.05) is 6.54 Å². The molecule has 0 aliphatic heterocycles. The molecule has 0 saturated carbocycles. The second-order valence-electron chi connectivity index (χ2n) is 2.83. The number of benzene rings is 1. The van der Waals surface area contributed by atoms with Crippen molar-refractivity contribution in [1.29, 1.82) is 5.26 Å². The molecule has 2 nitrogen and oxygen atoms in total. The summed E-state index contributed by atoms with van der Waals surface area (Å²) in [6.45, 7) is 2.49. The monoisotopic (exact) mass is 196 g/mol. The Morgan fingerprint density at radius 1 is 1.36 bits per heavy atom. The second-order valence-corrected chi connectivity index (χ2v) is 2.83. The number of nitrogens with one attached hydrogen (secondary N) is 1. The van der Waals surface area contributed by atoms with E-state index in [1.807, 2.05) is 6.92 Å². The first-order valence-electron chi connectivity index (χ1n) is 4.32. The lowest BCUT2D eigenvalue weighted by Crippen LogP contribution is -2.04. The van der Waals surface area contributed by atoms with Crippen LogP contribution < -0.4 is 5.32 Å². The van der Waals surface area contributed by atoms with Crippen molar-refractivity contribution in [1.82, 2.24) is 0 Å². The van der Waals surface area contributed by atoms with E-state index in [1.165, 1.54) is 12.1 Å². The van der Waals surface area contributed by atoms with Gasteiger partial charge in [0.2, 0.25) is 0 Å². The fourth-order valence-corrected chi connectivity index (χ4v) is 1.03. The van der Waals surface area contributed by atoms with Crippen LogP contribution in [0.5, 0.6) is 0 Å². The molecule has 0 atom stereocenters. The second kappa shape index (κ2) is 4.56. The van der Waals surface area contributed by atoms with Crippen molar-refractivity contribution >= 4 is 5.69 Å². The molecule has 1 rings (SSSR count).